The van der Waals surface area contributed by atoms with Gasteiger partial charge in [0.1, 0.15) is 6.54 Å². The summed E-state index contributed by atoms with van der Waals surface area (Å²) < 4.78 is 16.6. The third-order valence-electron chi connectivity index (χ3n) is 4.46. The molecular weight excluding hydrogens is 408 g/mol. The van der Waals surface area contributed by atoms with E-state index in [9.17, 15) is 14.4 Å². The molecule has 2 aliphatic rings. The molecule has 0 N–H and O–H groups in total. The first kappa shape index (κ1) is 22.2. The van der Waals surface area contributed by atoms with E-state index in [1.54, 1.807) is 29.2 Å². The lowest BCUT2D eigenvalue weighted by Gasteiger charge is -2.28. The van der Waals surface area contributed by atoms with Gasteiger partial charge in [-0.05, 0) is 56.3 Å². The maximum absolute atomic E-state index is 12.7. The predicted octanol–water partition coefficient (Wildman–Crippen LogP) is 2.77. The van der Waals surface area contributed by atoms with Crippen LogP contribution in [0.3, 0.4) is 0 Å². The number of imide groups is 1. The summed E-state index contributed by atoms with van der Waals surface area (Å²) in [6, 6.07) is 5.35. The van der Waals surface area contributed by atoms with Crippen LogP contribution >= 0.6 is 11.8 Å². The Bertz CT molecular complexity index is 848. The smallest absolute Gasteiger partial charge is 0.294 e. The SMILES string of the molecule is CCOc1cc(C=C2SC(=O)N(CC(=O)N3CCOCC3)C2=O)ccc1OC(C)C. The molecule has 0 bridgehead atoms. The normalized spacial score (nSPS) is 18.5. The minimum Gasteiger partial charge on any atom is -0.490 e. The van der Waals surface area contributed by atoms with Crippen molar-refractivity contribution in [3.63, 3.8) is 0 Å². The average molecular weight is 435 g/mol. The fraction of sp³-hybridized carbons (Fsp3) is 0.476. The van der Waals surface area contributed by atoms with Crippen LogP contribution in [0, 0.1) is 0 Å². The van der Waals surface area contributed by atoms with Crippen molar-refractivity contribution in [1.82, 2.24) is 9.80 Å². The minimum atomic E-state index is -0.466. The first-order valence-electron chi connectivity index (χ1n) is 9.93. The van der Waals surface area contributed by atoms with Gasteiger partial charge in [0.25, 0.3) is 11.1 Å². The molecule has 0 spiro atoms. The maximum atomic E-state index is 12.7. The van der Waals surface area contributed by atoms with Crippen LogP contribution in [0.25, 0.3) is 6.08 Å². The minimum absolute atomic E-state index is 0.00411. The maximum Gasteiger partial charge on any atom is 0.294 e. The number of nitrogens with zero attached hydrogens (tertiary/aromatic N) is 2. The fourth-order valence-corrected chi connectivity index (χ4v) is 3.91. The second-order valence-electron chi connectivity index (χ2n) is 7.07. The van der Waals surface area contributed by atoms with Gasteiger partial charge in [-0.1, -0.05) is 6.07 Å². The van der Waals surface area contributed by atoms with Crippen LogP contribution in [0.4, 0.5) is 4.79 Å². The molecule has 162 valence electrons. The van der Waals surface area contributed by atoms with E-state index >= 15 is 0 Å². The number of hydrogen-bond acceptors (Lipinski definition) is 7. The Labute approximate surface area is 180 Å². The molecular formula is C21H26N2O6S. The molecule has 2 saturated heterocycles. The van der Waals surface area contributed by atoms with E-state index in [4.69, 9.17) is 14.2 Å². The quantitative estimate of drug-likeness (QED) is 0.610. The van der Waals surface area contributed by atoms with Gasteiger partial charge in [0.2, 0.25) is 5.91 Å². The van der Waals surface area contributed by atoms with Crippen LogP contribution in [0.1, 0.15) is 26.3 Å². The molecule has 3 rings (SSSR count). The Morgan fingerprint density at radius 2 is 1.97 bits per heavy atom. The van der Waals surface area contributed by atoms with Crippen molar-refractivity contribution in [2.24, 2.45) is 0 Å². The van der Waals surface area contributed by atoms with Gasteiger partial charge >= 0.3 is 0 Å². The van der Waals surface area contributed by atoms with Crippen molar-refractivity contribution in [2.75, 3.05) is 39.5 Å². The molecule has 0 unspecified atom stereocenters. The molecule has 8 nitrogen and oxygen atoms in total. The first-order valence-corrected chi connectivity index (χ1v) is 10.7. The Morgan fingerprint density at radius 3 is 2.63 bits per heavy atom. The molecule has 1 aromatic rings. The van der Waals surface area contributed by atoms with Gasteiger partial charge in [-0.3, -0.25) is 19.3 Å². The lowest BCUT2D eigenvalue weighted by molar-refractivity contribution is -0.139. The van der Waals surface area contributed by atoms with Crippen LogP contribution in [0.15, 0.2) is 23.1 Å². The summed E-state index contributed by atoms with van der Waals surface area (Å²) in [7, 11) is 0. The van der Waals surface area contributed by atoms with Crippen LogP contribution in [-0.4, -0.2) is 72.4 Å². The van der Waals surface area contributed by atoms with Crippen molar-refractivity contribution in [2.45, 2.75) is 26.9 Å². The van der Waals surface area contributed by atoms with Crippen LogP contribution < -0.4 is 9.47 Å². The number of carbonyl (C=O) groups is 3. The summed E-state index contributed by atoms with van der Waals surface area (Å²) in [5.41, 5.74) is 0.708. The molecule has 2 fully saturated rings. The van der Waals surface area contributed by atoms with E-state index in [0.29, 0.717) is 50.0 Å². The average Bonchev–Trinajstić information content (AvgIpc) is 2.98. The number of benzene rings is 1. The zero-order valence-electron chi connectivity index (χ0n) is 17.4. The molecule has 2 aliphatic heterocycles. The Morgan fingerprint density at radius 1 is 1.23 bits per heavy atom. The molecule has 1 aromatic carbocycles. The van der Waals surface area contributed by atoms with Crippen LogP contribution in [0.5, 0.6) is 11.5 Å². The standard InChI is InChI=1S/C21H26N2O6S/c1-4-28-17-11-15(5-6-16(17)29-14(2)3)12-18-20(25)23(21(26)30-18)13-19(24)22-7-9-27-10-8-22/h5-6,11-12,14H,4,7-10,13H2,1-3H3. The number of thioether (sulfide) groups is 1. The summed E-state index contributed by atoms with van der Waals surface area (Å²) in [4.78, 5) is 40.4. The Kier molecular flexibility index (Phi) is 7.38. The molecule has 0 atom stereocenters. The number of amides is 3. The highest BCUT2D eigenvalue weighted by Crippen LogP contribution is 2.35. The molecule has 2 heterocycles. The van der Waals surface area contributed by atoms with E-state index in [1.807, 2.05) is 20.8 Å². The summed E-state index contributed by atoms with van der Waals surface area (Å²) in [5, 5.41) is -0.447. The van der Waals surface area contributed by atoms with Crippen molar-refractivity contribution < 1.29 is 28.6 Å². The first-order chi connectivity index (χ1) is 14.4. The van der Waals surface area contributed by atoms with Gasteiger partial charge in [0.15, 0.2) is 11.5 Å². The lowest BCUT2D eigenvalue weighted by atomic mass is 10.1. The monoisotopic (exact) mass is 434 g/mol. The van der Waals surface area contributed by atoms with E-state index in [1.165, 1.54) is 0 Å². The lowest BCUT2D eigenvalue weighted by Crippen LogP contribution is -2.46. The molecule has 0 aromatic heterocycles. The van der Waals surface area contributed by atoms with E-state index in [-0.39, 0.29) is 23.5 Å². The third-order valence-corrected chi connectivity index (χ3v) is 5.37. The Balaban J connectivity index is 1.74. The number of carbonyl (C=O) groups excluding carboxylic acids is 3. The molecule has 9 heteroatoms. The predicted molar refractivity (Wildman–Crippen MR) is 113 cm³/mol. The van der Waals surface area contributed by atoms with E-state index in [2.05, 4.69) is 0 Å². The van der Waals surface area contributed by atoms with Crippen LogP contribution in [0.2, 0.25) is 0 Å². The molecule has 30 heavy (non-hydrogen) atoms. The Hall–Kier alpha value is -2.52. The number of ether oxygens (including phenoxy) is 3. The summed E-state index contributed by atoms with van der Waals surface area (Å²) in [6.07, 6.45) is 1.63. The van der Waals surface area contributed by atoms with Crippen molar-refractivity contribution in [1.29, 1.82) is 0 Å². The van der Waals surface area contributed by atoms with Crippen molar-refractivity contribution in [3.8, 4) is 11.5 Å². The van der Waals surface area contributed by atoms with Gasteiger partial charge in [0, 0.05) is 13.1 Å². The van der Waals surface area contributed by atoms with Crippen molar-refractivity contribution in [3.05, 3.63) is 28.7 Å². The molecule has 0 aliphatic carbocycles. The van der Waals surface area contributed by atoms with E-state index in [0.717, 1.165) is 16.7 Å². The third kappa shape index (κ3) is 5.34. The van der Waals surface area contributed by atoms with Gasteiger partial charge in [0.05, 0.1) is 30.8 Å². The highest BCUT2D eigenvalue weighted by molar-refractivity contribution is 8.18. The van der Waals surface area contributed by atoms with Crippen LogP contribution in [-0.2, 0) is 14.3 Å². The van der Waals surface area contributed by atoms with Gasteiger partial charge in [-0.2, -0.15) is 0 Å². The largest absolute Gasteiger partial charge is 0.490 e. The van der Waals surface area contributed by atoms with Gasteiger partial charge < -0.3 is 19.1 Å². The second kappa shape index (κ2) is 9.99. The highest BCUT2D eigenvalue weighted by Gasteiger charge is 2.37. The van der Waals surface area contributed by atoms with Gasteiger partial charge in [-0.25, -0.2) is 0 Å². The second-order valence-corrected chi connectivity index (χ2v) is 8.06. The highest BCUT2D eigenvalue weighted by atomic mass is 32.2. The summed E-state index contributed by atoms with van der Waals surface area (Å²) in [5.74, 6) is 0.470. The van der Waals surface area contributed by atoms with Gasteiger partial charge in [-0.15, -0.1) is 0 Å². The zero-order chi connectivity index (χ0) is 21.7. The number of rotatable bonds is 7. The zero-order valence-corrected chi connectivity index (χ0v) is 18.2. The van der Waals surface area contributed by atoms with Crippen molar-refractivity contribution >= 4 is 34.9 Å². The van der Waals surface area contributed by atoms with E-state index < -0.39 is 11.1 Å². The summed E-state index contributed by atoms with van der Waals surface area (Å²) in [6.45, 7) is 7.81. The fourth-order valence-electron chi connectivity index (χ4n) is 3.07. The summed E-state index contributed by atoms with van der Waals surface area (Å²) >= 11 is 0.830. The number of morpholine rings is 1. The topological polar surface area (TPSA) is 85.4 Å². The molecule has 3 amide bonds. The molecule has 0 saturated carbocycles. The number of hydrogen-bond donors (Lipinski definition) is 0. The molecule has 0 radical (unpaired) electrons.